The van der Waals surface area contributed by atoms with E-state index in [0.717, 1.165) is 9.13 Å². The predicted molar refractivity (Wildman–Crippen MR) is 71.9 cm³/mol. The summed E-state index contributed by atoms with van der Waals surface area (Å²) in [4.78, 5) is 11.3. The van der Waals surface area contributed by atoms with Crippen LogP contribution < -0.4 is 0 Å². The van der Waals surface area contributed by atoms with E-state index in [4.69, 9.17) is 10.00 Å². The van der Waals surface area contributed by atoms with Crippen LogP contribution in [0.5, 0.6) is 0 Å². The number of nitriles is 1. The second kappa shape index (κ2) is 6.21. The molecule has 0 saturated carbocycles. The van der Waals surface area contributed by atoms with Gasteiger partial charge in [0.15, 0.2) is 0 Å². The van der Waals surface area contributed by atoms with Crippen molar-refractivity contribution in [3.8, 4) is 6.07 Å². The van der Waals surface area contributed by atoms with Crippen LogP contribution in [0.3, 0.4) is 0 Å². The molecule has 16 heavy (non-hydrogen) atoms. The highest BCUT2D eigenvalue weighted by Crippen LogP contribution is 2.23. The Morgan fingerprint density at radius 1 is 1.62 bits per heavy atom. The van der Waals surface area contributed by atoms with Crippen molar-refractivity contribution in [1.82, 2.24) is 0 Å². The zero-order valence-corrected chi connectivity index (χ0v) is 12.3. The molecule has 0 radical (unpaired) electrons. The van der Waals surface area contributed by atoms with Gasteiger partial charge in [0.2, 0.25) is 0 Å². The second-order valence-electron chi connectivity index (χ2n) is 3.02. The normalized spacial score (nSPS) is 9.62. The van der Waals surface area contributed by atoms with Gasteiger partial charge in [0, 0.05) is 8.04 Å². The summed E-state index contributed by atoms with van der Waals surface area (Å²) in [5.41, 5.74) is 1.43. The minimum Gasteiger partial charge on any atom is -0.466 e. The van der Waals surface area contributed by atoms with E-state index < -0.39 is 0 Å². The van der Waals surface area contributed by atoms with Crippen molar-refractivity contribution in [3.63, 3.8) is 0 Å². The number of hydrogen-bond donors (Lipinski definition) is 0. The molecule has 1 aromatic rings. The average molecular weight is 394 g/mol. The molecule has 0 atom stereocenters. The lowest BCUT2D eigenvalue weighted by atomic mass is 10.1. The van der Waals surface area contributed by atoms with Crippen molar-refractivity contribution < 1.29 is 9.53 Å². The number of hydrogen-bond acceptors (Lipinski definition) is 3. The summed E-state index contributed by atoms with van der Waals surface area (Å²) in [5, 5.41) is 8.82. The first kappa shape index (κ1) is 13.5. The average Bonchev–Trinajstić information content (AvgIpc) is 2.23. The zero-order chi connectivity index (χ0) is 12.1. The van der Waals surface area contributed by atoms with Crippen LogP contribution in [0.4, 0.5) is 0 Å². The molecule has 0 amide bonds. The molecule has 0 saturated heterocycles. The van der Waals surface area contributed by atoms with E-state index in [1.807, 2.05) is 0 Å². The molecular formula is C11H9BrINO2. The molecule has 0 spiro atoms. The number of ether oxygens (including phenoxy) is 1. The van der Waals surface area contributed by atoms with E-state index in [2.05, 4.69) is 44.6 Å². The van der Waals surface area contributed by atoms with Gasteiger partial charge in [-0.2, -0.15) is 5.26 Å². The quantitative estimate of drug-likeness (QED) is 0.585. The molecule has 0 aliphatic heterocycles. The molecule has 0 unspecified atom stereocenters. The fourth-order valence-corrected chi connectivity index (χ4v) is 2.31. The molecule has 0 N–H and O–H groups in total. The first-order valence-corrected chi connectivity index (χ1v) is 6.49. The van der Waals surface area contributed by atoms with Gasteiger partial charge in [-0.05, 0) is 63.1 Å². The molecule has 84 valence electrons. The second-order valence-corrected chi connectivity index (χ2v) is 5.03. The third-order valence-corrected chi connectivity index (χ3v) is 3.56. The third-order valence-electron chi connectivity index (χ3n) is 1.90. The molecule has 1 aromatic carbocycles. The Labute approximate surface area is 116 Å². The maximum atomic E-state index is 11.3. The van der Waals surface area contributed by atoms with E-state index >= 15 is 0 Å². The van der Waals surface area contributed by atoms with E-state index in [1.165, 1.54) is 0 Å². The largest absolute Gasteiger partial charge is 0.466 e. The summed E-state index contributed by atoms with van der Waals surface area (Å²) in [7, 11) is 0. The number of rotatable bonds is 3. The lowest BCUT2D eigenvalue weighted by molar-refractivity contribution is -0.142. The van der Waals surface area contributed by atoms with Crippen LogP contribution in [0.2, 0.25) is 0 Å². The summed E-state index contributed by atoms with van der Waals surface area (Å²) < 4.78 is 6.47. The summed E-state index contributed by atoms with van der Waals surface area (Å²) in [6.07, 6.45) is 0.233. The van der Waals surface area contributed by atoms with Crippen molar-refractivity contribution in [1.29, 1.82) is 5.26 Å². The van der Waals surface area contributed by atoms with E-state index in [0.29, 0.717) is 16.6 Å². The van der Waals surface area contributed by atoms with E-state index in [1.54, 1.807) is 19.1 Å². The monoisotopic (exact) mass is 393 g/mol. The van der Waals surface area contributed by atoms with E-state index in [-0.39, 0.29) is 12.4 Å². The van der Waals surface area contributed by atoms with Crippen molar-refractivity contribution in [2.45, 2.75) is 13.3 Å². The van der Waals surface area contributed by atoms with Gasteiger partial charge in [0.25, 0.3) is 0 Å². The van der Waals surface area contributed by atoms with Gasteiger partial charge in [0.1, 0.15) is 6.07 Å². The molecule has 5 heteroatoms. The molecule has 0 aliphatic rings. The van der Waals surface area contributed by atoms with Gasteiger partial charge in [-0.1, -0.05) is 0 Å². The van der Waals surface area contributed by atoms with Gasteiger partial charge in [-0.15, -0.1) is 0 Å². The highest BCUT2D eigenvalue weighted by Gasteiger charge is 2.10. The van der Waals surface area contributed by atoms with Gasteiger partial charge in [-0.25, -0.2) is 0 Å². The van der Waals surface area contributed by atoms with Crippen LogP contribution in [0.25, 0.3) is 0 Å². The van der Waals surface area contributed by atoms with E-state index in [9.17, 15) is 4.79 Å². The van der Waals surface area contributed by atoms with Gasteiger partial charge < -0.3 is 4.74 Å². The lowest BCUT2D eigenvalue weighted by Crippen LogP contribution is -2.08. The molecule has 0 heterocycles. The Bertz CT molecular complexity index is 454. The van der Waals surface area contributed by atoms with Crippen LogP contribution in [0.15, 0.2) is 16.6 Å². The van der Waals surface area contributed by atoms with Crippen molar-refractivity contribution in [2.24, 2.45) is 0 Å². The highest BCUT2D eigenvalue weighted by molar-refractivity contribution is 14.1. The number of carbonyl (C=O) groups excluding carboxylic acids is 1. The Morgan fingerprint density at radius 3 is 2.88 bits per heavy atom. The minimum atomic E-state index is -0.253. The molecule has 0 bridgehead atoms. The standard InChI is InChI=1S/C11H9BrINO2/c1-2-16-11(15)5-7-3-9(12)8(6-14)4-10(7)13/h3-4H,2,5H2,1H3. The van der Waals surface area contributed by atoms with Crippen LogP contribution >= 0.6 is 38.5 Å². The van der Waals surface area contributed by atoms with Crippen LogP contribution in [0, 0.1) is 14.9 Å². The Hall–Kier alpha value is -0.610. The molecule has 0 aromatic heterocycles. The summed E-state index contributed by atoms with van der Waals surface area (Å²) in [6.45, 7) is 2.16. The predicted octanol–water partition coefficient (Wildman–Crippen LogP) is 3.03. The SMILES string of the molecule is CCOC(=O)Cc1cc(Br)c(C#N)cc1I. The highest BCUT2D eigenvalue weighted by atomic mass is 127. The zero-order valence-electron chi connectivity index (χ0n) is 8.59. The van der Waals surface area contributed by atoms with Crippen LogP contribution in [-0.2, 0) is 16.0 Å². The first-order valence-electron chi connectivity index (χ1n) is 4.62. The topological polar surface area (TPSA) is 50.1 Å². The molecule has 1 rings (SSSR count). The Balaban J connectivity index is 2.95. The Kier molecular flexibility index (Phi) is 5.22. The van der Waals surface area contributed by atoms with Crippen LogP contribution in [0.1, 0.15) is 18.1 Å². The molecule has 3 nitrogen and oxygen atoms in total. The fourth-order valence-electron chi connectivity index (χ4n) is 1.18. The maximum absolute atomic E-state index is 11.3. The van der Waals surface area contributed by atoms with Gasteiger partial charge in [-0.3, -0.25) is 4.79 Å². The van der Waals surface area contributed by atoms with Crippen molar-refractivity contribution in [3.05, 3.63) is 31.3 Å². The van der Waals surface area contributed by atoms with Crippen molar-refractivity contribution >= 4 is 44.5 Å². The number of nitrogens with zero attached hydrogens (tertiary/aromatic N) is 1. The summed E-state index contributed by atoms with van der Waals surface area (Å²) in [6, 6.07) is 5.61. The van der Waals surface area contributed by atoms with Gasteiger partial charge in [0.05, 0.1) is 18.6 Å². The summed E-state index contributed by atoms with van der Waals surface area (Å²) in [5.74, 6) is -0.253. The molecule has 0 aliphatic carbocycles. The number of carbonyl (C=O) groups is 1. The smallest absolute Gasteiger partial charge is 0.310 e. The molecular weight excluding hydrogens is 385 g/mol. The number of benzene rings is 1. The third kappa shape index (κ3) is 3.46. The number of esters is 1. The Morgan fingerprint density at radius 2 is 2.31 bits per heavy atom. The maximum Gasteiger partial charge on any atom is 0.310 e. The lowest BCUT2D eigenvalue weighted by Gasteiger charge is -2.06. The fraction of sp³-hybridized carbons (Fsp3) is 0.273. The van der Waals surface area contributed by atoms with Crippen molar-refractivity contribution in [2.75, 3.05) is 6.61 Å². The van der Waals surface area contributed by atoms with Gasteiger partial charge >= 0.3 is 5.97 Å². The molecule has 0 fully saturated rings. The first-order chi connectivity index (χ1) is 7.58. The minimum absolute atomic E-state index is 0.233. The summed E-state index contributed by atoms with van der Waals surface area (Å²) >= 11 is 5.40. The number of halogens is 2. The van der Waals surface area contributed by atoms with Crippen LogP contribution in [-0.4, -0.2) is 12.6 Å².